The topological polar surface area (TPSA) is 63.8 Å². The summed E-state index contributed by atoms with van der Waals surface area (Å²) in [4.78, 5) is 8.63. The highest BCUT2D eigenvalue weighted by molar-refractivity contribution is 5.92. The molecule has 1 aliphatic carbocycles. The van der Waals surface area contributed by atoms with Crippen LogP contribution < -0.4 is 11.1 Å². The highest BCUT2D eigenvalue weighted by Crippen LogP contribution is 2.28. The van der Waals surface area contributed by atoms with Gasteiger partial charge in [-0.2, -0.15) is 0 Å². The average Bonchev–Trinajstić information content (AvgIpc) is 2.95. The number of hydrogen-bond acceptors (Lipinski definition) is 4. The van der Waals surface area contributed by atoms with Crippen molar-refractivity contribution in [3.63, 3.8) is 0 Å². The Labute approximate surface area is 123 Å². The highest BCUT2D eigenvalue weighted by atomic mass is 15.0. The number of nitrogen functional groups attached to an aromatic ring is 1. The van der Waals surface area contributed by atoms with E-state index < -0.39 is 0 Å². The normalized spacial score (nSPS) is 13.3. The maximum atomic E-state index is 5.81. The van der Waals surface area contributed by atoms with Crippen molar-refractivity contribution in [2.24, 2.45) is 0 Å². The maximum absolute atomic E-state index is 5.81. The standard InChI is InChI=1S/C17H16N4/c18-13-5-7-15-16(9-13)19-10-20-17(15)21-14-6-4-11-2-1-3-12(11)8-14/h4-10H,1-3,18H2,(H,19,20,21). The van der Waals surface area contributed by atoms with Gasteiger partial charge >= 0.3 is 0 Å². The van der Waals surface area contributed by atoms with Gasteiger partial charge in [-0.05, 0) is 60.7 Å². The molecule has 0 fully saturated rings. The quantitative estimate of drug-likeness (QED) is 0.704. The molecule has 0 amide bonds. The molecule has 0 unspecified atom stereocenters. The Morgan fingerprint density at radius 2 is 1.86 bits per heavy atom. The van der Waals surface area contributed by atoms with Crippen molar-refractivity contribution in [1.82, 2.24) is 9.97 Å². The van der Waals surface area contributed by atoms with E-state index >= 15 is 0 Å². The molecular weight excluding hydrogens is 260 g/mol. The molecule has 1 aliphatic rings. The van der Waals surface area contributed by atoms with Gasteiger partial charge in [-0.15, -0.1) is 0 Å². The van der Waals surface area contributed by atoms with E-state index in [0.29, 0.717) is 5.69 Å². The third kappa shape index (κ3) is 2.18. The van der Waals surface area contributed by atoms with Crippen LogP contribution in [0.5, 0.6) is 0 Å². The van der Waals surface area contributed by atoms with Crippen molar-refractivity contribution >= 4 is 28.1 Å². The molecule has 21 heavy (non-hydrogen) atoms. The number of fused-ring (bicyclic) bond motifs is 2. The van der Waals surface area contributed by atoms with Crippen molar-refractivity contribution in [3.05, 3.63) is 53.9 Å². The van der Waals surface area contributed by atoms with Gasteiger partial charge in [0.1, 0.15) is 12.1 Å². The molecule has 0 saturated heterocycles. The summed E-state index contributed by atoms with van der Waals surface area (Å²) < 4.78 is 0. The number of nitrogens with two attached hydrogens (primary N) is 1. The van der Waals surface area contributed by atoms with Crippen LogP contribution in [0.4, 0.5) is 17.2 Å². The van der Waals surface area contributed by atoms with Gasteiger partial charge in [0.25, 0.3) is 0 Å². The number of anilines is 3. The number of aromatic nitrogens is 2. The second kappa shape index (κ2) is 4.74. The Bertz CT molecular complexity index is 826. The molecule has 1 aromatic heterocycles. The van der Waals surface area contributed by atoms with E-state index in [0.717, 1.165) is 22.4 Å². The third-order valence-electron chi connectivity index (χ3n) is 4.02. The van der Waals surface area contributed by atoms with Crippen LogP contribution in [0.25, 0.3) is 10.9 Å². The molecule has 3 aromatic rings. The monoisotopic (exact) mass is 276 g/mol. The summed E-state index contributed by atoms with van der Waals surface area (Å²) in [6.45, 7) is 0. The summed E-state index contributed by atoms with van der Waals surface area (Å²) in [7, 11) is 0. The second-order valence-corrected chi connectivity index (χ2v) is 5.46. The molecule has 104 valence electrons. The molecule has 0 bridgehead atoms. The second-order valence-electron chi connectivity index (χ2n) is 5.46. The van der Waals surface area contributed by atoms with Gasteiger partial charge in [-0.3, -0.25) is 0 Å². The van der Waals surface area contributed by atoms with Crippen LogP contribution >= 0.6 is 0 Å². The van der Waals surface area contributed by atoms with Crippen molar-refractivity contribution < 1.29 is 0 Å². The molecule has 2 aromatic carbocycles. The van der Waals surface area contributed by atoms with E-state index in [1.54, 1.807) is 6.33 Å². The first-order valence-corrected chi connectivity index (χ1v) is 7.19. The predicted molar refractivity (Wildman–Crippen MR) is 85.7 cm³/mol. The van der Waals surface area contributed by atoms with Crippen molar-refractivity contribution in [3.8, 4) is 0 Å². The minimum Gasteiger partial charge on any atom is -0.399 e. The van der Waals surface area contributed by atoms with Gasteiger partial charge in [0.2, 0.25) is 0 Å². The number of nitrogens with zero attached hydrogens (tertiary/aromatic N) is 2. The number of hydrogen-bond donors (Lipinski definition) is 2. The van der Waals surface area contributed by atoms with Crippen molar-refractivity contribution in [1.29, 1.82) is 0 Å². The summed E-state index contributed by atoms with van der Waals surface area (Å²) in [6, 6.07) is 12.3. The first kappa shape index (κ1) is 12.1. The summed E-state index contributed by atoms with van der Waals surface area (Å²) in [5.74, 6) is 0.818. The summed E-state index contributed by atoms with van der Waals surface area (Å²) >= 11 is 0. The lowest BCUT2D eigenvalue weighted by Crippen LogP contribution is -1.97. The highest BCUT2D eigenvalue weighted by Gasteiger charge is 2.11. The molecule has 0 saturated carbocycles. The molecule has 0 atom stereocenters. The van der Waals surface area contributed by atoms with Crippen LogP contribution in [0.1, 0.15) is 17.5 Å². The number of aryl methyl sites for hydroxylation is 2. The Balaban J connectivity index is 1.74. The van der Waals surface area contributed by atoms with Crippen LogP contribution in [-0.4, -0.2) is 9.97 Å². The van der Waals surface area contributed by atoms with Gasteiger partial charge in [0.05, 0.1) is 5.52 Å². The Kier molecular flexibility index (Phi) is 2.74. The largest absolute Gasteiger partial charge is 0.399 e. The summed E-state index contributed by atoms with van der Waals surface area (Å²) in [5.41, 5.74) is 11.4. The lowest BCUT2D eigenvalue weighted by molar-refractivity contribution is 0.912. The van der Waals surface area contributed by atoms with Gasteiger partial charge in [0, 0.05) is 16.8 Å². The Morgan fingerprint density at radius 1 is 0.952 bits per heavy atom. The first-order valence-electron chi connectivity index (χ1n) is 7.19. The van der Waals surface area contributed by atoms with Crippen molar-refractivity contribution in [2.45, 2.75) is 19.3 Å². The van der Waals surface area contributed by atoms with Crippen LogP contribution in [0, 0.1) is 0 Å². The SMILES string of the molecule is Nc1ccc2c(Nc3ccc4c(c3)CCC4)ncnc2c1. The van der Waals surface area contributed by atoms with Gasteiger partial charge in [0.15, 0.2) is 0 Å². The first-order chi connectivity index (χ1) is 10.3. The molecule has 0 aliphatic heterocycles. The molecule has 4 heteroatoms. The zero-order chi connectivity index (χ0) is 14.2. The average molecular weight is 276 g/mol. The fourth-order valence-corrected chi connectivity index (χ4v) is 2.96. The third-order valence-corrected chi connectivity index (χ3v) is 4.02. The molecule has 0 spiro atoms. The summed E-state index contributed by atoms with van der Waals surface area (Å²) in [5, 5.41) is 4.38. The van der Waals surface area contributed by atoms with E-state index in [1.807, 2.05) is 18.2 Å². The molecule has 0 radical (unpaired) electrons. The number of rotatable bonds is 2. The van der Waals surface area contributed by atoms with E-state index in [4.69, 9.17) is 5.73 Å². The zero-order valence-corrected chi connectivity index (χ0v) is 11.6. The Hall–Kier alpha value is -2.62. The number of benzene rings is 2. The maximum Gasteiger partial charge on any atom is 0.141 e. The van der Waals surface area contributed by atoms with Crippen LogP contribution in [0.3, 0.4) is 0 Å². The molecule has 4 rings (SSSR count). The predicted octanol–water partition coefficient (Wildman–Crippen LogP) is 3.44. The lowest BCUT2D eigenvalue weighted by Gasteiger charge is -2.10. The minimum atomic E-state index is 0.713. The molecule has 1 heterocycles. The lowest BCUT2D eigenvalue weighted by atomic mass is 10.1. The van der Waals surface area contributed by atoms with Crippen LogP contribution in [0.2, 0.25) is 0 Å². The van der Waals surface area contributed by atoms with E-state index in [-0.39, 0.29) is 0 Å². The van der Waals surface area contributed by atoms with E-state index in [9.17, 15) is 0 Å². The Morgan fingerprint density at radius 3 is 2.81 bits per heavy atom. The zero-order valence-electron chi connectivity index (χ0n) is 11.6. The van der Waals surface area contributed by atoms with E-state index in [2.05, 4.69) is 33.5 Å². The van der Waals surface area contributed by atoms with Gasteiger partial charge < -0.3 is 11.1 Å². The molecule has 3 N–H and O–H groups in total. The molecule has 4 nitrogen and oxygen atoms in total. The minimum absolute atomic E-state index is 0.713. The van der Waals surface area contributed by atoms with Crippen LogP contribution in [-0.2, 0) is 12.8 Å². The fraction of sp³-hybridized carbons (Fsp3) is 0.176. The molecular formula is C17H16N4. The van der Waals surface area contributed by atoms with Gasteiger partial charge in [-0.25, -0.2) is 9.97 Å². The van der Waals surface area contributed by atoms with Gasteiger partial charge in [-0.1, -0.05) is 6.07 Å². The van der Waals surface area contributed by atoms with Crippen LogP contribution in [0.15, 0.2) is 42.7 Å². The van der Waals surface area contributed by atoms with Crippen molar-refractivity contribution in [2.75, 3.05) is 11.1 Å². The number of nitrogens with one attached hydrogen (secondary N) is 1. The smallest absolute Gasteiger partial charge is 0.141 e. The fourth-order valence-electron chi connectivity index (χ4n) is 2.96. The van der Waals surface area contributed by atoms with E-state index in [1.165, 1.54) is 30.4 Å². The summed E-state index contributed by atoms with van der Waals surface area (Å²) in [6.07, 6.45) is 5.20.